The lowest BCUT2D eigenvalue weighted by atomic mass is 10.1. The number of amides is 1. The molecule has 0 bridgehead atoms. The predicted octanol–water partition coefficient (Wildman–Crippen LogP) is 4.48. The number of fused-ring (bicyclic) bond motifs is 1. The van der Waals surface area contributed by atoms with E-state index in [0.29, 0.717) is 16.9 Å². The van der Waals surface area contributed by atoms with Gasteiger partial charge in [-0.3, -0.25) is 4.79 Å². The van der Waals surface area contributed by atoms with Crippen LogP contribution in [0.5, 0.6) is 11.5 Å². The van der Waals surface area contributed by atoms with Crippen LogP contribution in [-0.4, -0.2) is 19.0 Å². The Balaban J connectivity index is 1.49. The molecule has 0 spiro atoms. The van der Waals surface area contributed by atoms with Crippen molar-refractivity contribution in [1.29, 1.82) is 5.26 Å². The molecule has 4 aromatic rings. The van der Waals surface area contributed by atoms with Gasteiger partial charge >= 0.3 is 5.97 Å². The molecule has 8 heteroatoms. The number of esters is 1. The van der Waals surface area contributed by atoms with Crippen LogP contribution >= 0.6 is 0 Å². The zero-order valence-corrected chi connectivity index (χ0v) is 17.5. The van der Waals surface area contributed by atoms with E-state index < -0.39 is 11.9 Å². The summed E-state index contributed by atoms with van der Waals surface area (Å²) in [5.74, 6) is -0.182. The molecule has 8 nitrogen and oxygen atoms in total. The maximum absolute atomic E-state index is 12.5. The number of nitriles is 1. The third kappa shape index (κ3) is 4.94. The SMILES string of the molecule is COc1cc(/C=C(\C#N)C(=O)NCc2ccco2)ccc1OC(=O)c1cc2ccccc2o1. The van der Waals surface area contributed by atoms with E-state index in [4.69, 9.17) is 18.3 Å². The summed E-state index contributed by atoms with van der Waals surface area (Å²) in [6.45, 7) is 0.158. The molecule has 1 N–H and O–H groups in total. The van der Waals surface area contributed by atoms with Crippen LogP contribution in [0.3, 0.4) is 0 Å². The van der Waals surface area contributed by atoms with E-state index in [-0.39, 0.29) is 29.4 Å². The minimum Gasteiger partial charge on any atom is -0.493 e. The first-order valence-electron chi connectivity index (χ1n) is 9.88. The van der Waals surface area contributed by atoms with Gasteiger partial charge in [-0.15, -0.1) is 0 Å². The molecule has 0 saturated carbocycles. The highest BCUT2D eigenvalue weighted by molar-refractivity contribution is 6.01. The fraction of sp³-hybridized carbons (Fsp3) is 0.0800. The Kier molecular flexibility index (Phi) is 6.23. The highest BCUT2D eigenvalue weighted by atomic mass is 16.6. The lowest BCUT2D eigenvalue weighted by Gasteiger charge is -2.09. The van der Waals surface area contributed by atoms with Gasteiger partial charge in [-0.25, -0.2) is 4.79 Å². The molecule has 0 saturated heterocycles. The first-order chi connectivity index (χ1) is 16.1. The zero-order chi connectivity index (χ0) is 23.2. The lowest BCUT2D eigenvalue weighted by molar-refractivity contribution is -0.117. The molecule has 2 aromatic carbocycles. The summed E-state index contributed by atoms with van der Waals surface area (Å²) in [5, 5.41) is 12.8. The van der Waals surface area contributed by atoms with Crippen molar-refractivity contribution in [1.82, 2.24) is 5.32 Å². The van der Waals surface area contributed by atoms with Crippen LogP contribution in [0.2, 0.25) is 0 Å². The maximum Gasteiger partial charge on any atom is 0.379 e. The Morgan fingerprint density at radius 2 is 1.94 bits per heavy atom. The highest BCUT2D eigenvalue weighted by Crippen LogP contribution is 2.30. The number of rotatable bonds is 7. The molecule has 0 aliphatic rings. The van der Waals surface area contributed by atoms with Crippen molar-refractivity contribution >= 4 is 28.9 Å². The van der Waals surface area contributed by atoms with Gasteiger partial charge in [0.25, 0.3) is 5.91 Å². The minimum absolute atomic E-state index is 0.0576. The smallest absolute Gasteiger partial charge is 0.379 e. The van der Waals surface area contributed by atoms with E-state index in [0.717, 1.165) is 5.39 Å². The Hall–Kier alpha value is -4.77. The molecular weight excluding hydrogens is 424 g/mol. The second kappa shape index (κ2) is 9.58. The van der Waals surface area contributed by atoms with Crippen molar-refractivity contribution in [3.05, 3.63) is 89.6 Å². The summed E-state index contributed by atoms with van der Waals surface area (Å²) in [6, 6.07) is 18.8. The number of ether oxygens (including phenoxy) is 2. The molecule has 164 valence electrons. The summed E-state index contributed by atoms with van der Waals surface area (Å²) in [5.41, 5.74) is 0.988. The van der Waals surface area contributed by atoms with Crippen LogP contribution in [0.4, 0.5) is 0 Å². The van der Waals surface area contributed by atoms with Gasteiger partial charge in [-0.05, 0) is 48.0 Å². The molecule has 1 amide bonds. The van der Waals surface area contributed by atoms with E-state index in [1.54, 1.807) is 36.4 Å². The van der Waals surface area contributed by atoms with E-state index in [1.165, 1.54) is 25.5 Å². The minimum atomic E-state index is -0.678. The number of carbonyl (C=O) groups is 2. The molecule has 0 aliphatic heterocycles. The molecular formula is C25H18N2O6. The van der Waals surface area contributed by atoms with E-state index in [9.17, 15) is 14.9 Å². The van der Waals surface area contributed by atoms with Crippen molar-refractivity contribution in [3.8, 4) is 17.6 Å². The normalized spacial score (nSPS) is 11.1. The number of furan rings is 2. The van der Waals surface area contributed by atoms with Crippen LogP contribution in [0.25, 0.3) is 17.0 Å². The van der Waals surface area contributed by atoms with Crippen molar-refractivity contribution < 1.29 is 27.9 Å². The highest BCUT2D eigenvalue weighted by Gasteiger charge is 2.17. The van der Waals surface area contributed by atoms with Gasteiger partial charge in [-0.2, -0.15) is 5.26 Å². The number of benzene rings is 2. The van der Waals surface area contributed by atoms with Crippen molar-refractivity contribution in [2.45, 2.75) is 6.54 Å². The molecule has 0 radical (unpaired) electrons. The summed E-state index contributed by atoms with van der Waals surface area (Å²) < 4.78 is 21.4. The lowest BCUT2D eigenvalue weighted by Crippen LogP contribution is -2.23. The average Bonchev–Trinajstić information content (AvgIpc) is 3.51. The number of nitrogens with zero attached hydrogens (tertiary/aromatic N) is 1. The standard InChI is InChI=1S/C25H18N2O6/c1-30-22-12-16(11-18(14-26)24(28)27-15-19-6-4-10-31-19)8-9-21(22)33-25(29)23-13-17-5-2-3-7-20(17)32-23/h2-13H,15H2,1H3,(H,27,28)/b18-11+. The fourth-order valence-electron chi connectivity index (χ4n) is 3.08. The first kappa shape index (κ1) is 21.5. The zero-order valence-electron chi connectivity index (χ0n) is 17.5. The summed E-state index contributed by atoms with van der Waals surface area (Å²) in [7, 11) is 1.42. The number of hydrogen-bond acceptors (Lipinski definition) is 7. The molecule has 0 atom stereocenters. The van der Waals surface area contributed by atoms with Crippen LogP contribution in [0.15, 0.2) is 81.3 Å². The predicted molar refractivity (Wildman–Crippen MR) is 118 cm³/mol. The molecule has 4 rings (SSSR count). The van der Waals surface area contributed by atoms with Crippen LogP contribution in [0.1, 0.15) is 21.9 Å². The van der Waals surface area contributed by atoms with Crippen molar-refractivity contribution in [2.75, 3.05) is 7.11 Å². The molecule has 0 fully saturated rings. The quantitative estimate of drug-likeness (QED) is 0.194. The van der Waals surface area contributed by atoms with Crippen molar-refractivity contribution in [3.63, 3.8) is 0 Å². The second-order valence-corrected chi connectivity index (χ2v) is 6.88. The molecule has 2 aromatic heterocycles. The topological polar surface area (TPSA) is 115 Å². The molecule has 0 aliphatic carbocycles. The second-order valence-electron chi connectivity index (χ2n) is 6.88. The summed E-state index contributed by atoms with van der Waals surface area (Å²) in [6.07, 6.45) is 2.90. The molecule has 2 heterocycles. The Morgan fingerprint density at radius 1 is 1.09 bits per heavy atom. The largest absolute Gasteiger partial charge is 0.493 e. The number of methoxy groups -OCH3 is 1. The van der Waals surface area contributed by atoms with Gasteiger partial charge in [0.15, 0.2) is 11.5 Å². The van der Waals surface area contributed by atoms with E-state index >= 15 is 0 Å². The van der Waals surface area contributed by atoms with Gasteiger partial charge in [0.1, 0.15) is 23.0 Å². The number of para-hydroxylation sites is 1. The third-order valence-electron chi connectivity index (χ3n) is 4.70. The number of hydrogen-bond donors (Lipinski definition) is 1. The average molecular weight is 442 g/mol. The van der Waals surface area contributed by atoms with Crippen LogP contribution < -0.4 is 14.8 Å². The monoisotopic (exact) mass is 442 g/mol. The van der Waals surface area contributed by atoms with Gasteiger partial charge in [0, 0.05) is 5.39 Å². The van der Waals surface area contributed by atoms with Gasteiger partial charge < -0.3 is 23.6 Å². The Bertz CT molecular complexity index is 1340. The van der Waals surface area contributed by atoms with E-state index in [1.807, 2.05) is 24.3 Å². The molecule has 0 unspecified atom stereocenters. The third-order valence-corrected chi connectivity index (χ3v) is 4.70. The van der Waals surface area contributed by atoms with Gasteiger partial charge in [0.05, 0.1) is 19.9 Å². The van der Waals surface area contributed by atoms with Gasteiger partial charge in [0.2, 0.25) is 5.76 Å². The van der Waals surface area contributed by atoms with E-state index in [2.05, 4.69) is 5.32 Å². The Labute approximate surface area is 188 Å². The summed E-state index contributed by atoms with van der Waals surface area (Å²) in [4.78, 5) is 24.8. The van der Waals surface area contributed by atoms with Crippen LogP contribution in [-0.2, 0) is 11.3 Å². The van der Waals surface area contributed by atoms with Crippen molar-refractivity contribution in [2.24, 2.45) is 0 Å². The number of nitrogens with one attached hydrogen (secondary N) is 1. The number of carbonyl (C=O) groups excluding carboxylic acids is 2. The fourth-order valence-corrected chi connectivity index (χ4v) is 3.08. The first-order valence-corrected chi connectivity index (χ1v) is 9.88. The van der Waals surface area contributed by atoms with Crippen LogP contribution in [0, 0.1) is 11.3 Å². The summed E-state index contributed by atoms with van der Waals surface area (Å²) >= 11 is 0. The van der Waals surface area contributed by atoms with Gasteiger partial charge in [-0.1, -0.05) is 24.3 Å². The molecule has 33 heavy (non-hydrogen) atoms. The Morgan fingerprint density at radius 3 is 2.67 bits per heavy atom. The maximum atomic E-state index is 12.5.